The molecule has 1 atom stereocenters. The van der Waals surface area contributed by atoms with Gasteiger partial charge in [-0.2, -0.15) is 0 Å². The van der Waals surface area contributed by atoms with Crippen LogP contribution in [0.3, 0.4) is 0 Å². The first-order valence-corrected chi connectivity index (χ1v) is 17.8. The maximum atomic E-state index is 13.0. The predicted octanol–water partition coefficient (Wildman–Crippen LogP) is 7.20. The molecule has 10 heteroatoms. The molecule has 3 aromatic carbocycles. The molecule has 1 amide bonds. The molecule has 1 N–H and O–H groups in total. The van der Waals surface area contributed by atoms with Crippen molar-refractivity contribution in [3.05, 3.63) is 96.6 Å². The zero-order valence-electron chi connectivity index (χ0n) is 28.5. The van der Waals surface area contributed by atoms with Crippen LogP contribution in [-0.4, -0.2) is 66.8 Å². The van der Waals surface area contributed by atoms with Crippen molar-refractivity contribution in [3.8, 4) is 16.9 Å². The molecule has 1 unspecified atom stereocenters. The number of imidazole rings is 1. The number of aryl methyl sites for hydroxylation is 1. The number of ether oxygens (including phenoxy) is 3. The zero-order valence-corrected chi connectivity index (χ0v) is 29.3. The third-order valence-electron chi connectivity index (χ3n) is 7.74. The largest absolute Gasteiger partial charge is 0.491 e. The number of amides is 1. The molecule has 0 radical (unpaired) electrons. The highest BCUT2D eigenvalue weighted by atomic mass is 32.2. The molecule has 1 heterocycles. The molecule has 0 aliphatic rings. The van der Waals surface area contributed by atoms with E-state index < -0.39 is 10.8 Å². The minimum Gasteiger partial charge on any atom is -0.491 e. The lowest BCUT2D eigenvalue weighted by atomic mass is 10.0. The smallest absolute Gasteiger partial charge is 0.248 e. The maximum Gasteiger partial charge on any atom is 0.248 e. The zero-order chi connectivity index (χ0) is 34.1. The van der Waals surface area contributed by atoms with E-state index in [0.29, 0.717) is 42.7 Å². The molecule has 0 saturated heterocycles. The lowest BCUT2D eigenvalue weighted by Crippen LogP contribution is -2.22. The Morgan fingerprint density at radius 2 is 1.73 bits per heavy atom. The summed E-state index contributed by atoms with van der Waals surface area (Å²) >= 11 is 0. The molecule has 48 heavy (non-hydrogen) atoms. The summed E-state index contributed by atoms with van der Waals surface area (Å²) in [5.74, 6) is 0.925. The first-order valence-electron chi connectivity index (χ1n) is 16.5. The number of hydrogen-bond donors (Lipinski definition) is 1. The summed E-state index contributed by atoms with van der Waals surface area (Å²) in [6.07, 6.45) is 10.1. The van der Waals surface area contributed by atoms with Crippen molar-refractivity contribution in [2.24, 2.45) is 0 Å². The number of unbranched alkanes of at least 4 members (excludes halogenated alkanes) is 1. The van der Waals surface area contributed by atoms with E-state index in [1.54, 1.807) is 43.9 Å². The predicted molar refractivity (Wildman–Crippen MR) is 195 cm³/mol. The molecule has 0 spiro atoms. The molecular weight excluding hydrogens is 625 g/mol. The average molecular weight is 673 g/mol. The lowest BCUT2D eigenvalue weighted by Gasteiger charge is -2.22. The second-order valence-corrected chi connectivity index (χ2v) is 12.9. The number of carbonyl (C=O) groups excluding carboxylic acids is 1. The van der Waals surface area contributed by atoms with Gasteiger partial charge in [-0.1, -0.05) is 38.5 Å². The third kappa shape index (κ3) is 11.2. The van der Waals surface area contributed by atoms with Crippen LogP contribution in [0.2, 0.25) is 0 Å². The number of aromatic nitrogens is 2. The second-order valence-electron chi connectivity index (χ2n) is 11.4. The van der Waals surface area contributed by atoms with Gasteiger partial charge in [-0.3, -0.25) is 9.00 Å². The van der Waals surface area contributed by atoms with Gasteiger partial charge in [0.15, 0.2) is 0 Å². The summed E-state index contributed by atoms with van der Waals surface area (Å²) in [6, 6.07) is 21.4. The molecule has 4 rings (SSSR count). The van der Waals surface area contributed by atoms with Crippen molar-refractivity contribution >= 4 is 34.2 Å². The van der Waals surface area contributed by atoms with Gasteiger partial charge >= 0.3 is 0 Å². The Kier molecular flexibility index (Phi) is 14.9. The Hall–Kier alpha value is -4.25. The Bertz CT molecular complexity index is 1620. The van der Waals surface area contributed by atoms with E-state index in [-0.39, 0.29) is 5.91 Å². The summed E-state index contributed by atoms with van der Waals surface area (Å²) in [6.45, 7) is 8.22. The number of methoxy groups -OCH3 is 1. The Balaban J connectivity index is 1.41. The normalized spacial score (nSPS) is 11.9. The SMILES string of the molecule is CCCCOCCOc1ccc(-c2ccc(N(C)CCOC)c(C=CC(=O)Nc3ccc(S(=O)Cc4cncn4CCC)cc3)c2)cc1. The number of hydrogen-bond acceptors (Lipinski definition) is 7. The molecular formula is C38H48N4O5S. The minimum atomic E-state index is -1.22. The van der Waals surface area contributed by atoms with Gasteiger partial charge < -0.3 is 29.0 Å². The fraction of sp³-hybridized carbons (Fsp3) is 0.368. The van der Waals surface area contributed by atoms with E-state index in [0.717, 1.165) is 66.2 Å². The van der Waals surface area contributed by atoms with Gasteiger partial charge in [0.1, 0.15) is 12.4 Å². The van der Waals surface area contributed by atoms with E-state index in [4.69, 9.17) is 14.2 Å². The fourth-order valence-electron chi connectivity index (χ4n) is 5.04. The highest BCUT2D eigenvalue weighted by molar-refractivity contribution is 7.84. The highest BCUT2D eigenvalue weighted by Crippen LogP contribution is 2.29. The van der Waals surface area contributed by atoms with E-state index in [9.17, 15) is 9.00 Å². The number of anilines is 2. The maximum absolute atomic E-state index is 13.0. The van der Waals surface area contributed by atoms with Crippen LogP contribution in [0.25, 0.3) is 17.2 Å². The molecule has 0 bridgehead atoms. The average Bonchev–Trinajstić information content (AvgIpc) is 3.54. The summed E-state index contributed by atoms with van der Waals surface area (Å²) < 4.78 is 31.7. The molecule has 0 saturated carbocycles. The van der Waals surface area contributed by atoms with Crippen LogP contribution in [0.4, 0.5) is 11.4 Å². The molecule has 9 nitrogen and oxygen atoms in total. The van der Waals surface area contributed by atoms with Gasteiger partial charge in [-0.05, 0) is 84.1 Å². The molecule has 256 valence electrons. The first kappa shape index (κ1) is 36.6. The summed E-state index contributed by atoms with van der Waals surface area (Å²) in [5.41, 5.74) is 5.52. The monoisotopic (exact) mass is 672 g/mol. The van der Waals surface area contributed by atoms with Crippen LogP contribution in [0, 0.1) is 0 Å². The third-order valence-corrected chi connectivity index (χ3v) is 9.09. The van der Waals surface area contributed by atoms with Crippen molar-refractivity contribution in [3.63, 3.8) is 0 Å². The van der Waals surface area contributed by atoms with Crippen molar-refractivity contribution < 1.29 is 23.2 Å². The Morgan fingerprint density at radius 3 is 2.46 bits per heavy atom. The van der Waals surface area contributed by atoms with Gasteiger partial charge in [0.05, 0.1) is 41.8 Å². The van der Waals surface area contributed by atoms with Crippen molar-refractivity contribution in [1.29, 1.82) is 0 Å². The Morgan fingerprint density at radius 1 is 0.958 bits per heavy atom. The minimum absolute atomic E-state index is 0.261. The number of likely N-dealkylation sites (N-methyl/N-ethyl adjacent to an activating group) is 1. The Labute approximate surface area is 287 Å². The molecule has 4 aromatic rings. The summed E-state index contributed by atoms with van der Waals surface area (Å²) in [5, 5.41) is 2.92. The highest BCUT2D eigenvalue weighted by Gasteiger charge is 2.11. The number of benzene rings is 3. The van der Waals surface area contributed by atoms with Crippen molar-refractivity contribution in [2.75, 3.05) is 57.3 Å². The van der Waals surface area contributed by atoms with Crippen LogP contribution >= 0.6 is 0 Å². The van der Waals surface area contributed by atoms with E-state index in [1.165, 1.54) is 6.08 Å². The van der Waals surface area contributed by atoms with E-state index in [2.05, 4.69) is 47.2 Å². The van der Waals surface area contributed by atoms with Gasteiger partial charge in [0, 0.05) is 62.4 Å². The van der Waals surface area contributed by atoms with Crippen LogP contribution < -0.4 is 15.0 Å². The second kappa shape index (κ2) is 19.5. The number of rotatable bonds is 20. The van der Waals surface area contributed by atoms with Crippen LogP contribution in [-0.2, 0) is 37.4 Å². The van der Waals surface area contributed by atoms with Crippen molar-refractivity contribution in [1.82, 2.24) is 9.55 Å². The van der Waals surface area contributed by atoms with Gasteiger partial charge in [-0.15, -0.1) is 0 Å². The van der Waals surface area contributed by atoms with Gasteiger partial charge in [-0.25, -0.2) is 4.98 Å². The van der Waals surface area contributed by atoms with E-state index >= 15 is 0 Å². The molecule has 0 aliphatic heterocycles. The van der Waals surface area contributed by atoms with Crippen LogP contribution in [0.15, 0.2) is 90.2 Å². The summed E-state index contributed by atoms with van der Waals surface area (Å²) in [4.78, 5) is 20.0. The fourth-order valence-corrected chi connectivity index (χ4v) is 6.16. The van der Waals surface area contributed by atoms with Crippen LogP contribution in [0.1, 0.15) is 44.4 Å². The lowest BCUT2D eigenvalue weighted by molar-refractivity contribution is -0.111. The number of nitrogens with zero attached hydrogens (tertiary/aromatic N) is 3. The molecule has 0 aliphatic carbocycles. The first-order chi connectivity index (χ1) is 23.4. The molecule has 1 aromatic heterocycles. The quantitative estimate of drug-likeness (QED) is 0.0784. The number of carbonyl (C=O) groups is 1. The van der Waals surface area contributed by atoms with Gasteiger partial charge in [0.25, 0.3) is 0 Å². The summed E-state index contributed by atoms with van der Waals surface area (Å²) in [7, 11) is 2.47. The topological polar surface area (TPSA) is 94.9 Å². The van der Waals surface area contributed by atoms with Crippen molar-refractivity contribution in [2.45, 2.75) is 50.3 Å². The van der Waals surface area contributed by atoms with Gasteiger partial charge in [0.2, 0.25) is 5.91 Å². The van der Waals surface area contributed by atoms with Crippen LogP contribution in [0.5, 0.6) is 5.75 Å². The molecule has 0 fully saturated rings. The standard InChI is InChI=1S/C38H48N4O5S/c1-5-7-22-46-24-25-47-35-14-8-30(9-15-35)31-10-18-37(41(3)21-23-45-4)32(26-31)11-19-38(43)40-33-12-16-36(17-13-33)48(44)28-34-27-39-29-42(34)20-6-2/h8-19,26-27,29H,5-7,20-25,28H2,1-4H3,(H,40,43). The van der Waals surface area contributed by atoms with E-state index in [1.807, 2.05) is 42.0 Å². The number of nitrogens with one attached hydrogen (secondary N) is 1.